The van der Waals surface area contributed by atoms with E-state index in [1.165, 1.54) is 6.21 Å². The molecule has 0 bridgehead atoms. The fourth-order valence-electron chi connectivity index (χ4n) is 2.15. The van der Waals surface area contributed by atoms with Gasteiger partial charge in [0.15, 0.2) is 0 Å². The lowest BCUT2D eigenvalue weighted by Crippen LogP contribution is -2.36. The Morgan fingerprint density at radius 2 is 2.05 bits per heavy atom. The van der Waals surface area contributed by atoms with Gasteiger partial charge in [-0.1, -0.05) is 38.1 Å². The molecule has 1 aromatic rings. The topological polar surface area (TPSA) is 65.0 Å². The van der Waals surface area contributed by atoms with E-state index >= 15 is 0 Å². The van der Waals surface area contributed by atoms with Crippen molar-refractivity contribution in [2.75, 3.05) is 13.6 Å². The Hall–Kier alpha value is -1.94. The summed E-state index contributed by atoms with van der Waals surface area (Å²) in [5, 5.41) is 14.1. The van der Waals surface area contributed by atoms with E-state index in [0.717, 1.165) is 24.0 Å². The molecule has 0 spiro atoms. The zero-order chi connectivity index (χ0) is 15.7. The van der Waals surface area contributed by atoms with Crippen molar-refractivity contribution in [1.82, 2.24) is 10.6 Å². The van der Waals surface area contributed by atoms with Gasteiger partial charge in [-0.05, 0) is 24.4 Å². The molecule has 4 heteroatoms. The fraction of sp³-hybridized carbons (Fsp3) is 0.412. The number of rotatable bonds is 9. The molecule has 0 radical (unpaired) electrons. The number of hydrogen-bond donors (Lipinski definition) is 3. The van der Waals surface area contributed by atoms with E-state index in [1.807, 2.05) is 37.5 Å². The lowest BCUT2D eigenvalue weighted by Gasteiger charge is -2.21. The van der Waals surface area contributed by atoms with Crippen LogP contribution in [0.2, 0.25) is 0 Å². The van der Waals surface area contributed by atoms with Crippen molar-refractivity contribution in [1.29, 1.82) is 5.41 Å². The summed E-state index contributed by atoms with van der Waals surface area (Å²) in [7, 11) is 1.82. The third kappa shape index (κ3) is 5.52. The summed E-state index contributed by atoms with van der Waals surface area (Å²) in [6.45, 7) is 5.16. The Bertz CT molecular complexity index is 495. The van der Waals surface area contributed by atoms with Gasteiger partial charge in [0.2, 0.25) is 0 Å². The lowest BCUT2D eigenvalue weighted by molar-refractivity contribution is 0.112. The molecule has 0 amide bonds. The first-order valence-electron chi connectivity index (χ1n) is 7.26. The predicted molar refractivity (Wildman–Crippen MR) is 88.1 cm³/mol. The van der Waals surface area contributed by atoms with E-state index in [-0.39, 0.29) is 6.04 Å². The van der Waals surface area contributed by atoms with Gasteiger partial charge in [-0.3, -0.25) is 4.79 Å². The molecule has 3 N–H and O–H groups in total. The number of carbonyl (C=O) groups excluding carboxylic acids is 1. The summed E-state index contributed by atoms with van der Waals surface area (Å²) in [4.78, 5) is 11.1. The molecule has 4 nitrogen and oxygen atoms in total. The first-order valence-corrected chi connectivity index (χ1v) is 7.26. The van der Waals surface area contributed by atoms with Gasteiger partial charge in [0, 0.05) is 36.6 Å². The Labute approximate surface area is 127 Å². The lowest BCUT2D eigenvalue weighted by atomic mass is 9.96. The third-order valence-electron chi connectivity index (χ3n) is 3.26. The normalized spacial score (nSPS) is 13.0. The molecule has 0 aromatic heterocycles. The molecule has 1 aromatic carbocycles. The van der Waals surface area contributed by atoms with Gasteiger partial charge < -0.3 is 16.0 Å². The van der Waals surface area contributed by atoms with Gasteiger partial charge in [0.1, 0.15) is 6.29 Å². The average molecular weight is 287 g/mol. The van der Waals surface area contributed by atoms with Gasteiger partial charge in [-0.15, -0.1) is 0 Å². The summed E-state index contributed by atoms with van der Waals surface area (Å²) < 4.78 is 0. The minimum atomic E-state index is 0.0125. The highest BCUT2D eigenvalue weighted by Crippen LogP contribution is 2.13. The van der Waals surface area contributed by atoms with Crippen molar-refractivity contribution in [2.45, 2.75) is 26.3 Å². The van der Waals surface area contributed by atoms with E-state index in [4.69, 9.17) is 5.41 Å². The standard InChI is InChI=1S/C17H25N3O/c1-13(2)10-20-17(16(9-18)11-19-3)8-14-6-4-5-7-15(14)12-21/h4-7,9,11-13,17-20H,8,10H2,1-3H3/b16-11+,18-9?/t17-/m0/s1. The van der Waals surface area contributed by atoms with Gasteiger partial charge >= 0.3 is 0 Å². The van der Waals surface area contributed by atoms with Gasteiger partial charge in [-0.25, -0.2) is 0 Å². The zero-order valence-electron chi connectivity index (χ0n) is 13.0. The maximum absolute atomic E-state index is 11.1. The van der Waals surface area contributed by atoms with Crippen LogP contribution in [0, 0.1) is 11.3 Å². The second kappa shape index (κ2) is 9.08. The van der Waals surface area contributed by atoms with E-state index in [9.17, 15) is 4.79 Å². The summed E-state index contributed by atoms with van der Waals surface area (Å²) in [5.74, 6) is 0.524. The molecular formula is C17H25N3O. The van der Waals surface area contributed by atoms with Crippen molar-refractivity contribution in [2.24, 2.45) is 5.92 Å². The molecule has 21 heavy (non-hydrogen) atoms. The molecule has 0 fully saturated rings. The van der Waals surface area contributed by atoms with Gasteiger partial charge in [0.25, 0.3) is 0 Å². The van der Waals surface area contributed by atoms with E-state index < -0.39 is 0 Å². The third-order valence-corrected chi connectivity index (χ3v) is 3.26. The second-order valence-electron chi connectivity index (χ2n) is 5.45. The number of aldehydes is 1. The molecule has 0 saturated heterocycles. The van der Waals surface area contributed by atoms with Crippen LogP contribution in [-0.4, -0.2) is 32.1 Å². The van der Waals surface area contributed by atoms with Crippen LogP contribution in [0.4, 0.5) is 0 Å². The molecule has 0 heterocycles. The monoisotopic (exact) mass is 287 g/mol. The first-order chi connectivity index (χ1) is 10.1. The van der Waals surface area contributed by atoms with E-state index in [2.05, 4.69) is 24.5 Å². The molecule has 0 aliphatic rings. The van der Waals surface area contributed by atoms with Gasteiger partial charge in [0.05, 0.1) is 0 Å². The van der Waals surface area contributed by atoms with E-state index in [0.29, 0.717) is 17.9 Å². The highest BCUT2D eigenvalue weighted by Gasteiger charge is 2.15. The molecule has 0 aliphatic heterocycles. The van der Waals surface area contributed by atoms with Crippen LogP contribution in [-0.2, 0) is 6.42 Å². The largest absolute Gasteiger partial charge is 0.394 e. The Balaban J connectivity index is 2.97. The first kappa shape index (κ1) is 17.1. The molecule has 0 unspecified atom stereocenters. The highest BCUT2D eigenvalue weighted by atomic mass is 16.1. The maximum atomic E-state index is 11.1. The Kier molecular flexibility index (Phi) is 7.40. The van der Waals surface area contributed by atoms with Crippen LogP contribution in [0.3, 0.4) is 0 Å². The zero-order valence-corrected chi connectivity index (χ0v) is 13.0. The quantitative estimate of drug-likeness (QED) is 0.483. The van der Waals surface area contributed by atoms with Crippen LogP contribution >= 0.6 is 0 Å². The van der Waals surface area contributed by atoms with Crippen LogP contribution < -0.4 is 10.6 Å². The van der Waals surface area contributed by atoms with Crippen LogP contribution in [0.1, 0.15) is 29.8 Å². The van der Waals surface area contributed by atoms with Crippen molar-refractivity contribution in [3.05, 3.63) is 47.2 Å². The molecular weight excluding hydrogens is 262 g/mol. The molecule has 1 rings (SSSR count). The van der Waals surface area contributed by atoms with E-state index in [1.54, 1.807) is 0 Å². The van der Waals surface area contributed by atoms with Crippen LogP contribution in [0.25, 0.3) is 0 Å². The number of benzene rings is 1. The molecule has 0 saturated carbocycles. The number of hydrogen-bond acceptors (Lipinski definition) is 4. The molecule has 0 aliphatic carbocycles. The Morgan fingerprint density at radius 1 is 1.33 bits per heavy atom. The van der Waals surface area contributed by atoms with Crippen LogP contribution in [0.15, 0.2) is 36.0 Å². The van der Waals surface area contributed by atoms with Crippen molar-refractivity contribution >= 4 is 12.5 Å². The second-order valence-corrected chi connectivity index (χ2v) is 5.45. The van der Waals surface area contributed by atoms with Crippen molar-refractivity contribution in [3.63, 3.8) is 0 Å². The summed E-state index contributed by atoms with van der Waals surface area (Å²) in [6, 6.07) is 7.61. The minimum absolute atomic E-state index is 0.0125. The van der Waals surface area contributed by atoms with Crippen molar-refractivity contribution in [3.8, 4) is 0 Å². The maximum Gasteiger partial charge on any atom is 0.150 e. The highest BCUT2D eigenvalue weighted by molar-refractivity contribution is 5.79. The van der Waals surface area contributed by atoms with Gasteiger partial charge in [-0.2, -0.15) is 0 Å². The average Bonchev–Trinajstić information content (AvgIpc) is 2.49. The summed E-state index contributed by atoms with van der Waals surface area (Å²) in [5.41, 5.74) is 2.58. The molecule has 1 atom stereocenters. The minimum Gasteiger partial charge on any atom is -0.394 e. The summed E-state index contributed by atoms with van der Waals surface area (Å²) in [6.07, 6.45) is 4.76. The Morgan fingerprint density at radius 3 is 2.62 bits per heavy atom. The predicted octanol–water partition coefficient (Wildman–Crippen LogP) is 2.41. The summed E-state index contributed by atoms with van der Waals surface area (Å²) >= 11 is 0. The smallest absolute Gasteiger partial charge is 0.150 e. The van der Waals surface area contributed by atoms with Crippen molar-refractivity contribution < 1.29 is 4.79 Å². The number of nitrogens with one attached hydrogen (secondary N) is 3. The molecule has 114 valence electrons. The van der Waals surface area contributed by atoms with Crippen LogP contribution in [0.5, 0.6) is 0 Å². The fourth-order valence-corrected chi connectivity index (χ4v) is 2.15. The SMILES string of the molecule is CN/C=C(\C=N)[C@H](Cc1ccccc1C=O)NCC(C)C. The number of carbonyl (C=O) groups is 1.